The molecule has 0 aromatic heterocycles. The Morgan fingerprint density at radius 3 is 1.33 bits per heavy atom. The van der Waals surface area contributed by atoms with E-state index < -0.39 is 35.7 Å². The molecule has 6 aromatic carbocycles. The number of hydrogen-bond acceptors (Lipinski definition) is 5. The first-order valence-electron chi connectivity index (χ1n) is 20.4. The second kappa shape index (κ2) is 20.5. The number of nitrogens with one attached hydrogen (secondary N) is 1. The summed E-state index contributed by atoms with van der Waals surface area (Å²) in [4.78, 5) is 27.2. The van der Waals surface area contributed by atoms with Crippen molar-refractivity contribution in [1.82, 2.24) is 5.32 Å². The zero-order valence-electron chi connectivity index (χ0n) is 33.9. The van der Waals surface area contributed by atoms with Crippen molar-refractivity contribution in [2.75, 3.05) is 18.5 Å². The van der Waals surface area contributed by atoms with E-state index in [1.807, 2.05) is 75.4 Å². The van der Waals surface area contributed by atoms with E-state index in [0.717, 1.165) is 48.5 Å². The molecule has 58 heavy (non-hydrogen) atoms. The Morgan fingerprint density at radius 1 is 0.552 bits per heavy atom. The Labute approximate surface area is 349 Å². The number of carbonyl (C=O) groups is 2. The van der Waals surface area contributed by atoms with Gasteiger partial charge in [-0.05, 0) is 37.5 Å². The number of alkyl carbamates (subject to hydrolysis) is 1. The molecule has 0 radical (unpaired) electrons. The van der Waals surface area contributed by atoms with Crippen molar-refractivity contribution >= 4 is 47.0 Å². The maximum atomic E-state index is 14.0. The van der Waals surface area contributed by atoms with Gasteiger partial charge in [0.05, 0.1) is 0 Å². The predicted molar refractivity (Wildman–Crippen MR) is 246 cm³/mol. The number of carbonyl (C=O) groups excluding carboxylic acids is 2. The number of esters is 1. The van der Waals surface area contributed by atoms with E-state index in [9.17, 15) is 9.59 Å². The third-order valence-electron chi connectivity index (χ3n) is 10.5. The van der Waals surface area contributed by atoms with Gasteiger partial charge in [-0.1, -0.05) is 91.0 Å². The maximum absolute atomic E-state index is 14.0. The van der Waals surface area contributed by atoms with E-state index >= 15 is 0 Å². The van der Waals surface area contributed by atoms with Gasteiger partial charge in [-0.25, -0.2) is 0 Å². The Hall–Kier alpha value is -5.16. The van der Waals surface area contributed by atoms with Crippen molar-refractivity contribution < 1.29 is 19.1 Å². The molecular weight excluding hydrogens is 754 g/mol. The average molecular weight is 810 g/mol. The quantitative estimate of drug-likeness (QED) is 0.0406. The van der Waals surface area contributed by atoms with E-state index in [-0.39, 0.29) is 12.4 Å². The molecule has 6 rings (SSSR count). The molecule has 0 aliphatic heterocycles. The number of amides is 1. The second-order valence-electron chi connectivity index (χ2n) is 15.6. The van der Waals surface area contributed by atoms with Crippen molar-refractivity contribution in [3.8, 4) is 0 Å². The van der Waals surface area contributed by atoms with Gasteiger partial charge in [-0.15, -0.1) is 0 Å². The molecule has 0 saturated heterocycles. The van der Waals surface area contributed by atoms with E-state index in [0.29, 0.717) is 0 Å². The third kappa shape index (κ3) is 10.7. The van der Waals surface area contributed by atoms with Crippen molar-refractivity contribution in [2.45, 2.75) is 62.8 Å². The summed E-state index contributed by atoms with van der Waals surface area (Å²) < 4.78 is 10.9. The molecule has 300 valence electrons. The van der Waals surface area contributed by atoms with Crippen LogP contribution in [0.4, 0.5) is 4.79 Å². The second-order valence-corrected chi connectivity index (χ2v) is 20.9. The molecule has 1 amide bonds. The van der Waals surface area contributed by atoms with Crippen molar-refractivity contribution in [1.29, 1.82) is 0 Å². The van der Waals surface area contributed by atoms with Crippen LogP contribution in [0.15, 0.2) is 182 Å². The van der Waals surface area contributed by atoms with Crippen LogP contribution in [-0.4, -0.2) is 42.2 Å². The first-order valence-corrected chi connectivity index (χ1v) is 23.5. The molecule has 0 spiro atoms. The summed E-state index contributed by atoms with van der Waals surface area (Å²) in [5, 5.41) is 7.12. The summed E-state index contributed by atoms with van der Waals surface area (Å²) in [6.07, 6.45) is 4.16. The Morgan fingerprint density at radius 2 is 0.931 bits per heavy atom. The van der Waals surface area contributed by atoms with Crippen LogP contribution in [0, 0.1) is 0 Å². The fraction of sp³-hybridized carbons (Fsp3) is 0.255. The van der Waals surface area contributed by atoms with Gasteiger partial charge < -0.3 is 0 Å². The molecule has 0 saturated carbocycles. The summed E-state index contributed by atoms with van der Waals surface area (Å²) in [6.45, 7) is 5.71. The van der Waals surface area contributed by atoms with Crippen molar-refractivity contribution in [2.24, 2.45) is 0 Å². The summed E-state index contributed by atoms with van der Waals surface area (Å²) in [5.74, 6) is -0.216. The van der Waals surface area contributed by atoms with E-state index in [4.69, 9.17) is 9.47 Å². The monoisotopic (exact) mass is 809 g/mol. The van der Waals surface area contributed by atoms with Crippen LogP contribution in [0.1, 0.15) is 63.1 Å². The molecule has 6 aromatic rings. The molecule has 0 unspecified atom stereocenters. The average Bonchev–Trinajstić information content (AvgIpc) is 3.26. The molecule has 0 bridgehead atoms. The van der Waals surface area contributed by atoms with Crippen LogP contribution in [0.2, 0.25) is 0 Å². The van der Waals surface area contributed by atoms with Crippen LogP contribution in [0.3, 0.4) is 0 Å². The number of benzene rings is 6. The van der Waals surface area contributed by atoms with Gasteiger partial charge in [0.15, 0.2) is 0 Å². The Balaban J connectivity index is 1.15. The Bertz CT molecular complexity index is 1940. The summed E-state index contributed by atoms with van der Waals surface area (Å²) in [5.41, 5.74) is 2.48. The van der Waals surface area contributed by atoms with E-state index in [1.54, 1.807) is 11.8 Å². The topological polar surface area (TPSA) is 64.6 Å². The van der Waals surface area contributed by atoms with Crippen LogP contribution < -0.4 is 21.2 Å². The summed E-state index contributed by atoms with van der Waals surface area (Å²) in [7, 11) is -2.30. The van der Waals surface area contributed by atoms with Gasteiger partial charge >= 0.3 is 217 Å². The molecule has 0 aliphatic rings. The van der Waals surface area contributed by atoms with Gasteiger partial charge in [-0.3, -0.25) is 0 Å². The number of rotatable bonds is 18. The molecule has 1 N–H and O–H groups in total. The normalized spacial score (nSPS) is 12.6. The van der Waals surface area contributed by atoms with Gasteiger partial charge in [0.25, 0.3) is 0 Å². The minimum absolute atomic E-state index is 0.252. The molecule has 5 nitrogen and oxygen atoms in total. The van der Waals surface area contributed by atoms with Gasteiger partial charge in [-0.2, -0.15) is 0 Å². The molecule has 7 heteroatoms. The first-order chi connectivity index (χ1) is 28.2. The molecule has 1 atom stereocenters. The van der Waals surface area contributed by atoms with Crippen molar-refractivity contribution in [3.63, 3.8) is 0 Å². The SMILES string of the molecule is CC(C)(C)OC(=O)N[C@H](CSC(c1ccccc1)(c1ccccc1)c1ccccc1)C(=O)OCCCCCC[PH](c1ccccc1)(c1ccccc1)c1ccccc1. The third-order valence-corrected chi connectivity index (χ3v) is 17.2. The van der Waals surface area contributed by atoms with Gasteiger partial charge in [0, 0.05) is 0 Å². The van der Waals surface area contributed by atoms with E-state index in [1.165, 1.54) is 15.9 Å². The van der Waals surface area contributed by atoms with Gasteiger partial charge in [0.2, 0.25) is 0 Å². The summed E-state index contributed by atoms with van der Waals surface area (Å²) >= 11 is 1.60. The van der Waals surface area contributed by atoms with Crippen molar-refractivity contribution in [3.05, 3.63) is 199 Å². The number of unbranched alkanes of at least 4 members (excludes halogenated alkanes) is 3. The number of ether oxygens (including phenoxy) is 2. The van der Waals surface area contributed by atoms with Gasteiger partial charge in [0.1, 0.15) is 5.60 Å². The zero-order valence-corrected chi connectivity index (χ0v) is 35.7. The van der Waals surface area contributed by atoms with Crippen LogP contribution in [0.25, 0.3) is 0 Å². The molecule has 0 heterocycles. The molecule has 0 fully saturated rings. The summed E-state index contributed by atoms with van der Waals surface area (Å²) in [6, 6.07) is 63.1. The fourth-order valence-electron chi connectivity index (χ4n) is 7.82. The molecular formula is C51H56NO4PS. The van der Waals surface area contributed by atoms with Crippen LogP contribution in [-0.2, 0) is 19.0 Å². The van der Waals surface area contributed by atoms with E-state index in [2.05, 4.69) is 133 Å². The molecule has 0 aliphatic carbocycles. The first kappa shape index (κ1) is 42.4. The minimum atomic E-state index is -2.30. The zero-order chi connectivity index (χ0) is 40.7. The van der Waals surface area contributed by atoms with Crippen LogP contribution in [0.5, 0.6) is 0 Å². The number of thioether (sulfide) groups is 1. The predicted octanol–water partition coefficient (Wildman–Crippen LogP) is 10.4. The van der Waals surface area contributed by atoms with Crippen LogP contribution >= 0.6 is 19.0 Å². The standard InChI is InChI=1S/C51H56NO4PS/c1-50(2,3)56-49(54)52-47(40-58-51(41-26-12-6-13-27-41,42-28-14-7-15-29-42)43-30-16-8-17-31-43)48(53)55-38-24-4-5-25-39-57(44-32-18-9-19-33-44,45-34-20-10-21-35-45)46-36-22-11-23-37-46/h6-23,26-37,47,57H,4-5,24-25,38-40H2,1-3H3,(H,52,54)/t47-/m1/s1. The Kier molecular flexibility index (Phi) is 15.0. The fourth-order valence-corrected chi connectivity index (χ4v) is 14.3. The number of hydrogen-bond donors (Lipinski definition) is 1.